The number of carbonyl (C=O) groups is 1. The van der Waals surface area contributed by atoms with Crippen molar-refractivity contribution in [2.24, 2.45) is 0 Å². The number of methoxy groups -OCH3 is 1. The van der Waals surface area contributed by atoms with Crippen LogP contribution in [-0.2, 0) is 13.0 Å². The Morgan fingerprint density at radius 2 is 2.07 bits per heavy atom. The van der Waals surface area contributed by atoms with Gasteiger partial charge in [-0.1, -0.05) is 12.1 Å². The molecule has 5 nitrogen and oxygen atoms in total. The molecule has 0 radical (unpaired) electrons. The van der Waals surface area contributed by atoms with Gasteiger partial charge in [-0.05, 0) is 48.4 Å². The molecule has 1 atom stereocenters. The first kappa shape index (κ1) is 17.3. The highest BCUT2D eigenvalue weighted by Gasteiger charge is 2.23. The molecule has 6 heteroatoms. The molecule has 1 aromatic heterocycles. The molecule has 1 amide bonds. The number of hydrogen-bond acceptors (Lipinski definition) is 3. The predicted octanol–water partition coefficient (Wildman–Crippen LogP) is 4.01. The van der Waals surface area contributed by atoms with E-state index in [9.17, 15) is 9.18 Å². The summed E-state index contributed by atoms with van der Waals surface area (Å²) < 4.78 is 20.4. The zero-order valence-electron chi connectivity index (χ0n) is 15.0. The first-order chi connectivity index (χ1) is 13.1. The van der Waals surface area contributed by atoms with Gasteiger partial charge < -0.3 is 14.6 Å². The number of amides is 1. The lowest BCUT2D eigenvalue weighted by Gasteiger charge is -2.24. The zero-order valence-corrected chi connectivity index (χ0v) is 15.0. The van der Waals surface area contributed by atoms with Gasteiger partial charge in [0.1, 0.15) is 23.1 Å². The number of imidazole rings is 1. The van der Waals surface area contributed by atoms with E-state index in [1.54, 1.807) is 13.3 Å². The van der Waals surface area contributed by atoms with Crippen molar-refractivity contribution < 1.29 is 13.9 Å². The average molecular weight is 365 g/mol. The van der Waals surface area contributed by atoms with Crippen LogP contribution in [0.4, 0.5) is 10.1 Å². The van der Waals surface area contributed by atoms with E-state index in [-0.39, 0.29) is 11.7 Å². The summed E-state index contributed by atoms with van der Waals surface area (Å²) in [5, 5.41) is 2.75. The molecule has 3 aromatic rings. The van der Waals surface area contributed by atoms with Crippen molar-refractivity contribution in [2.45, 2.75) is 25.3 Å². The van der Waals surface area contributed by atoms with E-state index in [0.29, 0.717) is 17.3 Å². The smallest absolute Gasteiger partial charge is 0.275 e. The summed E-state index contributed by atoms with van der Waals surface area (Å²) in [4.78, 5) is 16.9. The van der Waals surface area contributed by atoms with Gasteiger partial charge in [-0.15, -0.1) is 0 Å². The molecule has 2 heterocycles. The summed E-state index contributed by atoms with van der Waals surface area (Å²) in [5.41, 5.74) is 2.15. The summed E-state index contributed by atoms with van der Waals surface area (Å²) in [6, 6.07) is 13.8. The number of nitrogens with one attached hydrogen (secondary N) is 1. The Kier molecular flexibility index (Phi) is 4.62. The van der Waals surface area contributed by atoms with Gasteiger partial charge in [0, 0.05) is 30.8 Å². The molecule has 138 valence electrons. The molecule has 1 N–H and O–H groups in total. The second-order valence-electron chi connectivity index (χ2n) is 6.67. The minimum atomic E-state index is -0.339. The monoisotopic (exact) mass is 365 g/mol. The number of fused-ring (bicyclic) bond motifs is 1. The van der Waals surface area contributed by atoms with E-state index in [1.807, 2.05) is 16.7 Å². The summed E-state index contributed by atoms with van der Waals surface area (Å²) in [5.74, 6) is 1.49. The van der Waals surface area contributed by atoms with Gasteiger partial charge in [-0.2, -0.15) is 0 Å². The SMILES string of the molecule is COc1cccc(C2CCc3nc(C(=O)Nc4ccc(F)cc4)cn3C2)c1. The third-order valence-corrected chi connectivity index (χ3v) is 4.89. The lowest BCUT2D eigenvalue weighted by molar-refractivity contribution is 0.102. The Hall–Kier alpha value is -3.15. The molecule has 0 aliphatic carbocycles. The van der Waals surface area contributed by atoms with Crippen molar-refractivity contribution in [3.05, 3.63) is 77.6 Å². The van der Waals surface area contributed by atoms with Crippen LogP contribution < -0.4 is 10.1 Å². The van der Waals surface area contributed by atoms with Crippen molar-refractivity contribution in [2.75, 3.05) is 12.4 Å². The molecule has 0 fully saturated rings. The van der Waals surface area contributed by atoms with E-state index in [4.69, 9.17) is 4.74 Å². The number of hydrogen-bond donors (Lipinski definition) is 1. The highest BCUT2D eigenvalue weighted by Crippen LogP contribution is 2.30. The largest absolute Gasteiger partial charge is 0.497 e. The van der Waals surface area contributed by atoms with Gasteiger partial charge >= 0.3 is 0 Å². The highest BCUT2D eigenvalue weighted by molar-refractivity contribution is 6.02. The molecular formula is C21H20FN3O2. The van der Waals surface area contributed by atoms with E-state index in [1.165, 1.54) is 29.8 Å². The summed E-state index contributed by atoms with van der Waals surface area (Å²) in [6.07, 6.45) is 3.58. The van der Waals surface area contributed by atoms with Crippen LogP contribution in [0, 0.1) is 5.82 Å². The predicted molar refractivity (Wildman–Crippen MR) is 101 cm³/mol. The Bertz CT molecular complexity index is 966. The summed E-state index contributed by atoms with van der Waals surface area (Å²) in [7, 11) is 1.67. The van der Waals surface area contributed by atoms with Crippen LogP contribution >= 0.6 is 0 Å². The van der Waals surface area contributed by atoms with E-state index in [0.717, 1.165) is 31.0 Å². The maximum absolute atomic E-state index is 13.0. The lowest BCUT2D eigenvalue weighted by atomic mass is 9.91. The Morgan fingerprint density at radius 1 is 1.26 bits per heavy atom. The molecule has 4 rings (SSSR count). The van der Waals surface area contributed by atoms with Crippen LogP contribution in [0.25, 0.3) is 0 Å². The molecule has 0 spiro atoms. The molecule has 2 aromatic carbocycles. The maximum atomic E-state index is 13.0. The molecule has 0 saturated heterocycles. The summed E-state index contributed by atoms with van der Waals surface area (Å²) in [6.45, 7) is 0.777. The van der Waals surface area contributed by atoms with E-state index in [2.05, 4.69) is 22.4 Å². The lowest BCUT2D eigenvalue weighted by Crippen LogP contribution is -2.18. The third kappa shape index (κ3) is 3.69. The van der Waals surface area contributed by atoms with Crippen molar-refractivity contribution in [3.63, 3.8) is 0 Å². The fourth-order valence-corrected chi connectivity index (χ4v) is 3.45. The van der Waals surface area contributed by atoms with Crippen molar-refractivity contribution in [3.8, 4) is 5.75 Å². The van der Waals surface area contributed by atoms with Crippen molar-refractivity contribution in [1.82, 2.24) is 9.55 Å². The van der Waals surface area contributed by atoms with Gasteiger partial charge in [0.25, 0.3) is 5.91 Å². The minimum absolute atomic E-state index is 0.290. The van der Waals surface area contributed by atoms with E-state index < -0.39 is 0 Å². The number of carbonyl (C=O) groups excluding carboxylic acids is 1. The average Bonchev–Trinajstić information content (AvgIpc) is 3.13. The van der Waals surface area contributed by atoms with Gasteiger partial charge in [0.2, 0.25) is 0 Å². The Morgan fingerprint density at radius 3 is 2.85 bits per heavy atom. The first-order valence-corrected chi connectivity index (χ1v) is 8.89. The Labute approximate surface area is 156 Å². The summed E-state index contributed by atoms with van der Waals surface area (Å²) >= 11 is 0. The maximum Gasteiger partial charge on any atom is 0.275 e. The van der Waals surface area contributed by atoms with Crippen LogP contribution in [-0.4, -0.2) is 22.6 Å². The molecule has 1 unspecified atom stereocenters. The number of anilines is 1. The standard InChI is InChI=1S/C21H20FN3O2/c1-27-18-4-2-3-14(11-18)15-5-10-20-24-19(13-25(20)12-15)21(26)23-17-8-6-16(22)7-9-17/h2-4,6-9,11,13,15H,5,10,12H2,1H3,(H,23,26). The number of nitrogens with zero attached hydrogens (tertiary/aromatic N) is 2. The van der Waals surface area contributed by atoms with Gasteiger partial charge in [-0.25, -0.2) is 9.37 Å². The minimum Gasteiger partial charge on any atom is -0.497 e. The molecular weight excluding hydrogens is 345 g/mol. The normalized spacial score (nSPS) is 15.9. The molecule has 27 heavy (non-hydrogen) atoms. The third-order valence-electron chi connectivity index (χ3n) is 4.89. The van der Waals surface area contributed by atoms with Crippen LogP contribution in [0.15, 0.2) is 54.7 Å². The molecule has 1 aliphatic heterocycles. The van der Waals surface area contributed by atoms with Crippen LogP contribution in [0.1, 0.15) is 34.2 Å². The van der Waals surface area contributed by atoms with Crippen LogP contribution in [0.5, 0.6) is 5.75 Å². The van der Waals surface area contributed by atoms with Crippen molar-refractivity contribution >= 4 is 11.6 Å². The molecule has 0 bridgehead atoms. The number of rotatable bonds is 4. The topological polar surface area (TPSA) is 56.1 Å². The number of aryl methyl sites for hydroxylation is 1. The van der Waals surface area contributed by atoms with Crippen molar-refractivity contribution in [1.29, 1.82) is 0 Å². The van der Waals surface area contributed by atoms with Crippen LogP contribution in [0.3, 0.4) is 0 Å². The molecule has 1 aliphatic rings. The van der Waals surface area contributed by atoms with Crippen LogP contribution in [0.2, 0.25) is 0 Å². The van der Waals surface area contributed by atoms with E-state index >= 15 is 0 Å². The number of ether oxygens (including phenoxy) is 1. The second kappa shape index (κ2) is 7.23. The fraction of sp³-hybridized carbons (Fsp3) is 0.238. The quantitative estimate of drug-likeness (QED) is 0.760. The fourth-order valence-electron chi connectivity index (χ4n) is 3.45. The number of halogens is 1. The number of benzene rings is 2. The molecule has 0 saturated carbocycles. The zero-order chi connectivity index (χ0) is 18.8. The second-order valence-corrected chi connectivity index (χ2v) is 6.67. The first-order valence-electron chi connectivity index (χ1n) is 8.89. The van der Waals surface area contributed by atoms with Gasteiger partial charge in [0.15, 0.2) is 0 Å². The van der Waals surface area contributed by atoms with Gasteiger partial charge in [0.05, 0.1) is 7.11 Å². The van der Waals surface area contributed by atoms with Gasteiger partial charge in [-0.3, -0.25) is 4.79 Å². The highest BCUT2D eigenvalue weighted by atomic mass is 19.1. The Balaban J connectivity index is 1.49. The number of aromatic nitrogens is 2.